The van der Waals surface area contributed by atoms with E-state index in [4.69, 9.17) is 5.26 Å². The van der Waals surface area contributed by atoms with Gasteiger partial charge in [-0.25, -0.2) is 4.39 Å². The van der Waals surface area contributed by atoms with Crippen molar-refractivity contribution in [2.75, 3.05) is 11.6 Å². The zero-order valence-electron chi connectivity index (χ0n) is 9.61. The highest BCUT2D eigenvalue weighted by molar-refractivity contribution is 5.97. The van der Waals surface area contributed by atoms with Gasteiger partial charge in [-0.2, -0.15) is 5.26 Å². The lowest BCUT2D eigenvalue weighted by Gasteiger charge is -2.32. The summed E-state index contributed by atoms with van der Waals surface area (Å²) >= 11 is 0. The quantitative estimate of drug-likeness (QED) is 0.786. The van der Waals surface area contributed by atoms with Gasteiger partial charge in [0.1, 0.15) is 6.67 Å². The monoisotopic (exact) mass is 232 g/mol. The molecule has 4 heteroatoms. The minimum absolute atomic E-state index is 0.0603. The lowest BCUT2D eigenvalue weighted by molar-refractivity contribution is -0.117. The number of anilines is 1. The van der Waals surface area contributed by atoms with E-state index in [9.17, 15) is 9.18 Å². The predicted molar refractivity (Wildman–Crippen MR) is 62.3 cm³/mol. The second-order valence-electron chi connectivity index (χ2n) is 4.52. The van der Waals surface area contributed by atoms with Crippen molar-refractivity contribution in [2.24, 2.45) is 0 Å². The maximum atomic E-state index is 13.1. The minimum Gasteiger partial charge on any atom is -0.304 e. The highest BCUT2D eigenvalue weighted by atomic mass is 19.1. The smallest absolute Gasteiger partial charge is 0.227 e. The number of nitrogens with zero attached hydrogens (tertiary/aromatic N) is 2. The van der Waals surface area contributed by atoms with E-state index in [0.717, 1.165) is 0 Å². The summed E-state index contributed by atoms with van der Waals surface area (Å²) in [6, 6.07) is 8.67. The molecule has 0 spiro atoms. The molecule has 0 saturated carbocycles. The van der Waals surface area contributed by atoms with Crippen molar-refractivity contribution in [3.63, 3.8) is 0 Å². The Morgan fingerprint density at radius 1 is 1.47 bits per heavy atom. The number of benzene rings is 1. The number of carbonyl (C=O) groups is 1. The molecular weight excluding hydrogens is 219 g/mol. The van der Waals surface area contributed by atoms with Gasteiger partial charge in [0.2, 0.25) is 5.91 Å². The van der Waals surface area contributed by atoms with Crippen LogP contribution in [-0.2, 0) is 4.79 Å². The molecule has 1 aromatic carbocycles. The largest absolute Gasteiger partial charge is 0.304 e. The molecule has 3 nitrogen and oxygen atoms in total. The first-order valence-electron chi connectivity index (χ1n) is 5.50. The molecule has 0 N–H and O–H groups in total. The minimum atomic E-state index is -0.745. The number of carbonyl (C=O) groups excluding carboxylic acids is 1. The van der Waals surface area contributed by atoms with Crippen LogP contribution in [0.5, 0.6) is 0 Å². The average Bonchev–Trinajstić information content (AvgIpc) is 2.66. The van der Waals surface area contributed by atoms with Crippen molar-refractivity contribution in [1.29, 1.82) is 5.26 Å². The van der Waals surface area contributed by atoms with Crippen LogP contribution in [0.2, 0.25) is 0 Å². The Hall–Kier alpha value is -1.89. The highest BCUT2D eigenvalue weighted by Crippen LogP contribution is 2.35. The molecule has 0 aliphatic carbocycles. The molecule has 1 heterocycles. The zero-order valence-corrected chi connectivity index (χ0v) is 9.61. The molecule has 1 amide bonds. The SMILES string of the molecule is CC1(CF)CCC(=O)N1c1ccc(C#N)cc1. The van der Waals surface area contributed by atoms with Crippen LogP contribution in [0.15, 0.2) is 24.3 Å². The van der Waals surface area contributed by atoms with Gasteiger partial charge >= 0.3 is 0 Å². The lowest BCUT2D eigenvalue weighted by Crippen LogP contribution is -2.45. The van der Waals surface area contributed by atoms with Gasteiger partial charge in [-0.15, -0.1) is 0 Å². The summed E-state index contributed by atoms with van der Waals surface area (Å²) in [7, 11) is 0. The van der Waals surface area contributed by atoms with E-state index in [-0.39, 0.29) is 5.91 Å². The fraction of sp³-hybridized carbons (Fsp3) is 0.385. The summed E-state index contributed by atoms with van der Waals surface area (Å²) < 4.78 is 13.1. The third-order valence-corrected chi connectivity index (χ3v) is 3.21. The third kappa shape index (κ3) is 1.89. The molecule has 1 fully saturated rings. The maximum Gasteiger partial charge on any atom is 0.227 e. The molecule has 1 atom stereocenters. The van der Waals surface area contributed by atoms with Crippen molar-refractivity contribution in [2.45, 2.75) is 25.3 Å². The Kier molecular flexibility index (Phi) is 2.84. The van der Waals surface area contributed by atoms with Gasteiger partial charge in [-0.05, 0) is 37.6 Å². The standard InChI is InChI=1S/C13H13FN2O/c1-13(9-14)7-6-12(17)16(13)11-4-2-10(8-15)3-5-11/h2-5H,6-7,9H2,1H3. The maximum absolute atomic E-state index is 13.1. The molecular formula is C13H13FN2O. The van der Waals surface area contributed by atoms with Crippen LogP contribution in [0.1, 0.15) is 25.3 Å². The van der Waals surface area contributed by atoms with Crippen LogP contribution in [0.25, 0.3) is 0 Å². The van der Waals surface area contributed by atoms with Crippen LogP contribution in [0.4, 0.5) is 10.1 Å². The van der Waals surface area contributed by atoms with Gasteiger partial charge in [0.25, 0.3) is 0 Å². The van der Waals surface area contributed by atoms with Gasteiger partial charge < -0.3 is 4.90 Å². The van der Waals surface area contributed by atoms with Crippen LogP contribution >= 0.6 is 0 Å². The van der Waals surface area contributed by atoms with Crippen molar-refractivity contribution in [3.05, 3.63) is 29.8 Å². The summed E-state index contributed by atoms with van der Waals surface area (Å²) in [5.41, 5.74) is 0.444. The second kappa shape index (κ2) is 4.17. The molecule has 1 saturated heterocycles. The number of hydrogen-bond acceptors (Lipinski definition) is 2. The highest BCUT2D eigenvalue weighted by Gasteiger charge is 2.42. The third-order valence-electron chi connectivity index (χ3n) is 3.21. The number of alkyl halides is 1. The summed E-state index contributed by atoms with van der Waals surface area (Å²) in [6.07, 6.45) is 0.906. The zero-order chi connectivity index (χ0) is 12.5. The first-order valence-corrected chi connectivity index (χ1v) is 5.50. The first-order chi connectivity index (χ1) is 8.10. The van der Waals surface area contributed by atoms with E-state index in [0.29, 0.717) is 24.1 Å². The van der Waals surface area contributed by atoms with E-state index in [2.05, 4.69) is 0 Å². The topological polar surface area (TPSA) is 44.1 Å². The molecule has 1 aliphatic heterocycles. The van der Waals surface area contributed by atoms with Crippen LogP contribution in [0, 0.1) is 11.3 Å². The van der Waals surface area contributed by atoms with Gasteiger partial charge in [-0.3, -0.25) is 4.79 Å². The van der Waals surface area contributed by atoms with Gasteiger partial charge in [0, 0.05) is 12.1 Å². The Labute approximate surface area is 99.5 Å². The van der Waals surface area contributed by atoms with E-state index in [1.54, 1.807) is 31.2 Å². The van der Waals surface area contributed by atoms with E-state index in [1.807, 2.05) is 6.07 Å². The van der Waals surface area contributed by atoms with Gasteiger partial charge in [0.05, 0.1) is 17.2 Å². The number of nitriles is 1. The molecule has 1 unspecified atom stereocenters. The van der Waals surface area contributed by atoms with Crippen LogP contribution in [0.3, 0.4) is 0 Å². The van der Waals surface area contributed by atoms with Crippen LogP contribution in [-0.4, -0.2) is 18.1 Å². The molecule has 1 aliphatic rings. The fourth-order valence-electron chi connectivity index (χ4n) is 2.17. The van der Waals surface area contributed by atoms with E-state index >= 15 is 0 Å². The van der Waals surface area contributed by atoms with E-state index in [1.165, 1.54) is 4.90 Å². The Balaban J connectivity index is 2.37. The number of halogens is 1. The molecule has 1 aromatic rings. The Bertz CT molecular complexity index is 477. The average molecular weight is 232 g/mol. The van der Waals surface area contributed by atoms with Crippen molar-refractivity contribution < 1.29 is 9.18 Å². The fourth-order valence-corrected chi connectivity index (χ4v) is 2.17. The summed E-state index contributed by atoms with van der Waals surface area (Å²) in [4.78, 5) is 13.3. The molecule has 88 valence electrons. The van der Waals surface area contributed by atoms with Crippen LogP contribution < -0.4 is 4.90 Å². The summed E-state index contributed by atoms with van der Waals surface area (Å²) in [6.45, 7) is 1.19. The molecule has 17 heavy (non-hydrogen) atoms. The first kappa shape index (κ1) is 11.6. The van der Waals surface area contributed by atoms with Gasteiger partial charge in [-0.1, -0.05) is 0 Å². The Morgan fingerprint density at radius 3 is 2.65 bits per heavy atom. The second-order valence-corrected chi connectivity index (χ2v) is 4.52. The predicted octanol–water partition coefficient (Wildman–Crippen LogP) is 2.41. The van der Waals surface area contributed by atoms with Crippen molar-refractivity contribution in [3.8, 4) is 6.07 Å². The number of rotatable bonds is 2. The van der Waals surface area contributed by atoms with Crippen molar-refractivity contribution in [1.82, 2.24) is 0 Å². The molecule has 2 rings (SSSR count). The number of amides is 1. The normalized spacial score (nSPS) is 23.8. The Morgan fingerprint density at radius 2 is 2.12 bits per heavy atom. The lowest BCUT2D eigenvalue weighted by atomic mass is 10.0. The molecule has 0 bridgehead atoms. The van der Waals surface area contributed by atoms with Gasteiger partial charge in [0.15, 0.2) is 0 Å². The summed E-state index contributed by atoms with van der Waals surface area (Å²) in [5, 5.41) is 8.70. The molecule has 0 radical (unpaired) electrons. The summed E-state index contributed by atoms with van der Waals surface area (Å²) in [5.74, 6) is -0.0603. The number of hydrogen-bond donors (Lipinski definition) is 0. The van der Waals surface area contributed by atoms with Crippen molar-refractivity contribution >= 4 is 11.6 Å². The molecule has 0 aromatic heterocycles. The van der Waals surface area contributed by atoms with E-state index < -0.39 is 12.2 Å².